The van der Waals surface area contributed by atoms with Crippen molar-refractivity contribution in [2.75, 3.05) is 47.1 Å². The van der Waals surface area contributed by atoms with Crippen LogP contribution in [0.1, 0.15) is 36.3 Å². The highest BCUT2D eigenvalue weighted by Gasteiger charge is 2.34. The summed E-state index contributed by atoms with van der Waals surface area (Å²) >= 11 is 0. The maximum atomic E-state index is 13.7. The quantitative estimate of drug-likeness (QED) is 0.300. The predicted octanol–water partition coefficient (Wildman–Crippen LogP) is 4.02. The maximum Gasteiger partial charge on any atom is 0.407 e. The van der Waals surface area contributed by atoms with Crippen molar-refractivity contribution in [3.05, 3.63) is 66.0 Å². The summed E-state index contributed by atoms with van der Waals surface area (Å²) in [7, 11) is 3.22. The van der Waals surface area contributed by atoms with E-state index >= 15 is 0 Å². The van der Waals surface area contributed by atoms with Gasteiger partial charge in [-0.1, -0.05) is 24.3 Å². The number of fused-ring (bicyclic) bond motifs is 1. The fraction of sp³-hybridized carbons (Fsp3) is 0.452. The van der Waals surface area contributed by atoms with E-state index in [1.54, 1.807) is 38.6 Å². The second kappa shape index (κ2) is 14.7. The van der Waals surface area contributed by atoms with E-state index in [0.29, 0.717) is 49.9 Å². The molecule has 0 radical (unpaired) electrons. The highest BCUT2D eigenvalue weighted by molar-refractivity contribution is 5.95. The summed E-state index contributed by atoms with van der Waals surface area (Å²) < 4.78 is 22.2. The SMILES string of the molecule is COCCCOc1cc(C(=O)N(C[C@@H]2CNC[C@H]2OC(=O)NCc2nccc3ccccc23)C(C)C)ccc1OC. The van der Waals surface area contributed by atoms with E-state index in [2.05, 4.69) is 15.6 Å². The third kappa shape index (κ3) is 7.86. The molecule has 220 valence electrons. The molecule has 10 nitrogen and oxygen atoms in total. The smallest absolute Gasteiger partial charge is 0.407 e. The molecule has 0 unspecified atom stereocenters. The molecule has 1 aliphatic rings. The molecule has 1 fully saturated rings. The van der Waals surface area contributed by atoms with Crippen molar-refractivity contribution in [1.29, 1.82) is 0 Å². The Balaban J connectivity index is 1.38. The lowest BCUT2D eigenvalue weighted by Gasteiger charge is -2.31. The lowest BCUT2D eigenvalue weighted by molar-refractivity contribution is 0.0521. The summed E-state index contributed by atoms with van der Waals surface area (Å²) in [6.07, 6.45) is 1.57. The highest BCUT2D eigenvalue weighted by Crippen LogP contribution is 2.29. The summed E-state index contributed by atoms with van der Waals surface area (Å²) in [5, 5.41) is 8.20. The molecule has 0 saturated carbocycles. The van der Waals surface area contributed by atoms with E-state index in [1.807, 2.05) is 49.1 Å². The zero-order chi connectivity index (χ0) is 29.2. The monoisotopic (exact) mass is 564 g/mol. The Morgan fingerprint density at radius 2 is 1.90 bits per heavy atom. The van der Waals surface area contributed by atoms with Crippen molar-refractivity contribution in [2.24, 2.45) is 5.92 Å². The van der Waals surface area contributed by atoms with Crippen LogP contribution in [0.5, 0.6) is 11.5 Å². The van der Waals surface area contributed by atoms with Crippen LogP contribution in [-0.2, 0) is 16.0 Å². The Kier molecular flexibility index (Phi) is 10.8. The fourth-order valence-electron chi connectivity index (χ4n) is 4.94. The molecule has 2 N–H and O–H groups in total. The standard InChI is InChI=1S/C31H40N4O6/c1-21(2)35(30(36)23-10-11-27(39-4)28(16-23)40-15-7-14-38-3)20-24-17-32-19-29(24)41-31(37)34-18-26-25-9-6-5-8-22(25)12-13-33-26/h5-6,8-13,16,21,24,29,32H,7,14-15,17-20H2,1-4H3,(H,34,37)/t24-,29+/m0/s1. The van der Waals surface area contributed by atoms with E-state index < -0.39 is 6.09 Å². The van der Waals surface area contributed by atoms with Gasteiger partial charge in [-0.2, -0.15) is 0 Å². The molecule has 2 amide bonds. The third-order valence-electron chi connectivity index (χ3n) is 7.17. The van der Waals surface area contributed by atoms with Crippen molar-refractivity contribution in [3.8, 4) is 11.5 Å². The number of nitrogens with one attached hydrogen (secondary N) is 2. The first-order valence-corrected chi connectivity index (χ1v) is 14.0. The summed E-state index contributed by atoms with van der Waals surface area (Å²) in [5.74, 6) is 0.889. The average molecular weight is 565 g/mol. The molecule has 3 aromatic rings. The Labute approximate surface area is 241 Å². The van der Waals surface area contributed by atoms with Crippen molar-refractivity contribution < 1.29 is 28.5 Å². The van der Waals surface area contributed by atoms with Gasteiger partial charge in [-0.05, 0) is 43.5 Å². The normalized spacial score (nSPS) is 16.5. The van der Waals surface area contributed by atoms with Crippen LogP contribution in [-0.4, -0.2) is 81.1 Å². The van der Waals surface area contributed by atoms with Crippen LogP contribution in [0, 0.1) is 5.92 Å². The van der Waals surface area contributed by atoms with Crippen LogP contribution in [0.15, 0.2) is 54.7 Å². The summed E-state index contributed by atoms with van der Waals surface area (Å²) in [6.45, 7) is 6.83. The van der Waals surface area contributed by atoms with Gasteiger partial charge < -0.3 is 34.5 Å². The molecule has 2 aromatic carbocycles. The molecule has 10 heteroatoms. The van der Waals surface area contributed by atoms with E-state index in [4.69, 9.17) is 18.9 Å². The average Bonchev–Trinajstić information content (AvgIpc) is 3.42. The summed E-state index contributed by atoms with van der Waals surface area (Å²) in [5.41, 5.74) is 1.28. The minimum Gasteiger partial charge on any atom is -0.493 e. The molecule has 2 atom stereocenters. The van der Waals surface area contributed by atoms with Crippen LogP contribution < -0.4 is 20.1 Å². The van der Waals surface area contributed by atoms with Gasteiger partial charge in [0.05, 0.1) is 26.0 Å². The number of amides is 2. The molecule has 0 aliphatic carbocycles. The number of carbonyl (C=O) groups excluding carboxylic acids is 2. The second-order valence-electron chi connectivity index (χ2n) is 10.3. The van der Waals surface area contributed by atoms with Gasteiger partial charge in [0, 0.05) is 68.9 Å². The van der Waals surface area contributed by atoms with E-state index in [9.17, 15) is 9.59 Å². The number of pyridine rings is 1. The first-order chi connectivity index (χ1) is 19.9. The van der Waals surface area contributed by atoms with Crippen molar-refractivity contribution in [2.45, 2.75) is 39.0 Å². The number of hydrogen-bond acceptors (Lipinski definition) is 8. The first kappa shape index (κ1) is 30.1. The first-order valence-electron chi connectivity index (χ1n) is 14.0. The number of rotatable bonds is 13. The molecule has 0 bridgehead atoms. The number of nitrogens with zero attached hydrogens (tertiary/aromatic N) is 2. The molecule has 1 saturated heterocycles. The van der Waals surface area contributed by atoms with Crippen molar-refractivity contribution in [3.63, 3.8) is 0 Å². The van der Waals surface area contributed by atoms with Gasteiger partial charge in [-0.3, -0.25) is 9.78 Å². The van der Waals surface area contributed by atoms with Crippen LogP contribution in [0.25, 0.3) is 10.8 Å². The molecule has 0 spiro atoms. The summed E-state index contributed by atoms with van der Waals surface area (Å²) in [4.78, 5) is 32.6. The van der Waals surface area contributed by atoms with E-state index in [1.165, 1.54) is 0 Å². The predicted molar refractivity (Wildman–Crippen MR) is 156 cm³/mol. The lowest BCUT2D eigenvalue weighted by atomic mass is 10.0. The number of aromatic nitrogens is 1. The Bertz CT molecular complexity index is 1310. The van der Waals surface area contributed by atoms with Gasteiger partial charge in [-0.15, -0.1) is 0 Å². The number of hydrogen-bond donors (Lipinski definition) is 2. The van der Waals surface area contributed by atoms with Gasteiger partial charge in [0.25, 0.3) is 5.91 Å². The Morgan fingerprint density at radius 3 is 2.68 bits per heavy atom. The topological polar surface area (TPSA) is 111 Å². The Morgan fingerprint density at radius 1 is 1.07 bits per heavy atom. The van der Waals surface area contributed by atoms with E-state index in [0.717, 1.165) is 22.9 Å². The van der Waals surface area contributed by atoms with Crippen LogP contribution in [0.4, 0.5) is 4.79 Å². The van der Waals surface area contributed by atoms with E-state index in [-0.39, 0.29) is 30.5 Å². The largest absolute Gasteiger partial charge is 0.493 e. The highest BCUT2D eigenvalue weighted by atomic mass is 16.6. The van der Waals surface area contributed by atoms with Crippen LogP contribution >= 0.6 is 0 Å². The summed E-state index contributed by atoms with van der Waals surface area (Å²) in [6, 6.07) is 15.0. The van der Waals surface area contributed by atoms with Gasteiger partial charge in [0.1, 0.15) is 6.10 Å². The van der Waals surface area contributed by atoms with Gasteiger partial charge in [0.2, 0.25) is 0 Å². The fourth-order valence-corrected chi connectivity index (χ4v) is 4.94. The number of ether oxygens (including phenoxy) is 4. The van der Waals surface area contributed by atoms with Crippen molar-refractivity contribution in [1.82, 2.24) is 20.5 Å². The number of alkyl carbamates (subject to hydrolysis) is 1. The zero-order valence-corrected chi connectivity index (χ0v) is 24.2. The molecule has 41 heavy (non-hydrogen) atoms. The zero-order valence-electron chi connectivity index (χ0n) is 24.2. The molecular formula is C31H40N4O6. The van der Waals surface area contributed by atoms with Gasteiger partial charge in [0.15, 0.2) is 11.5 Å². The third-order valence-corrected chi connectivity index (χ3v) is 7.17. The molecule has 4 rings (SSSR count). The number of methoxy groups -OCH3 is 2. The van der Waals surface area contributed by atoms with Crippen molar-refractivity contribution >= 4 is 22.8 Å². The lowest BCUT2D eigenvalue weighted by Crippen LogP contribution is -2.44. The molecule has 1 aliphatic heterocycles. The number of carbonyl (C=O) groups is 2. The van der Waals surface area contributed by atoms with Crippen LogP contribution in [0.3, 0.4) is 0 Å². The minimum absolute atomic E-state index is 0.0641. The second-order valence-corrected chi connectivity index (χ2v) is 10.3. The van der Waals surface area contributed by atoms with Gasteiger partial charge in [-0.25, -0.2) is 4.79 Å². The molecule has 1 aromatic heterocycles. The van der Waals surface area contributed by atoms with Gasteiger partial charge >= 0.3 is 6.09 Å². The molecular weight excluding hydrogens is 524 g/mol. The minimum atomic E-state index is -0.508. The molecule has 2 heterocycles. The maximum absolute atomic E-state index is 13.7. The number of benzene rings is 2. The Hall–Kier alpha value is -3.89. The van der Waals surface area contributed by atoms with Crippen LogP contribution in [0.2, 0.25) is 0 Å².